The molecule has 0 bridgehead atoms. The van der Waals surface area contributed by atoms with E-state index in [2.05, 4.69) is 0 Å². The Bertz CT molecular complexity index is 849. The van der Waals surface area contributed by atoms with E-state index in [1.54, 1.807) is 19.2 Å². The number of hydrogen-bond acceptors (Lipinski definition) is 4. The molecule has 0 aliphatic rings. The van der Waals surface area contributed by atoms with Crippen molar-refractivity contribution in [3.63, 3.8) is 0 Å². The summed E-state index contributed by atoms with van der Waals surface area (Å²) in [7, 11) is 1.56. The second-order valence-corrected chi connectivity index (χ2v) is 4.71. The van der Waals surface area contributed by atoms with E-state index >= 15 is 0 Å². The summed E-state index contributed by atoms with van der Waals surface area (Å²) < 4.78 is 16.1. The maximum absolute atomic E-state index is 11.7. The van der Waals surface area contributed by atoms with Gasteiger partial charge >= 0.3 is 5.63 Å². The van der Waals surface area contributed by atoms with Gasteiger partial charge in [0.05, 0.1) is 18.6 Å². The highest BCUT2D eigenvalue weighted by Gasteiger charge is 2.09. The summed E-state index contributed by atoms with van der Waals surface area (Å²) in [5.41, 5.74) is 1.06. The van der Waals surface area contributed by atoms with Crippen molar-refractivity contribution in [3.05, 3.63) is 64.5 Å². The van der Waals surface area contributed by atoms with E-state index in [4.69, 9.17) is 13.9 Å². The SMILES string of the molecule is COc1ccc2c(Oc3cccc(C)c3)cc(=O)oc2c1. The summed E-state index contributed by atoms with van der Waals surface area (Å²) in [5.74, 6) is 1.77. The molecule has 106 valence electrons. The lowest BCUT2D eigenvalue weighted by molar-refractivity contribution is 0.413. The minimum Gasteiger partial charge on any atom is -0.497 e. The van der Waals surface area contributed by atoms with Crippen molar-refractivity contribution in [2.24, 2.45) is 0 Å². The maximum Gasteiger partial charge on any atom is 0.339 e. The monoisotopic (exact) mass is 282 g/mol. The molecule has 1 heterocycles. The zero-order chi connectivity index (χ0) is 14.8. The molecular formula is C17H14O4. The number of hydrogen-bond donors (Lipinski definition) is 0. The van der Waals surface area contributed by atoms with Crippen LogP contribution in [0.3, 0.4) is 0 Å². The molecule has 0 unspecified atom stereocenters. The first-order valence-electron chi connectivity index (χ1n) is 6.52. The van der Waals surface area contributed by atoms with Gasteiger partial charge in [-0.2, -0.15) is 0 Å². The predicted molar refractivity (Wildman–Crippen MR) is 80.3 cm³/mol. The molecule has 0 N–H and O–H groups in total. The van der Waals surface area contributed by atoms with Crippen LogP contribution in [0.5, 0.6) is 17.2 Å². The number of benzene rings is 2. The average molecular weight is 282 g/mol. The van der Waals surface area contributed by atoms with Gasteiger partial charge in [0.25, 0.3) is 0 Å². The lowest BCUT2D eigenvalue weighted by Crippen LogP contribution is -1.99. The standard InChI is InChI=1S/C17H14O4/c1-11-4-3-5-13(8-11)20-16-10-17(18)21-15-9-12(19-2)6-7-14(15)16/h3-10H,1-2H3. The van der Waals surface area contributed by atoms with Crippen molar-refractivity contribution in [1.29, 1.82) is 0 Å². The number of fused-ring (bicyclic) bond motifs is 1. The number of ether oxygens (including phenoxy) is 2. The second-order valence-electron chi connectivity index (χ2n) is 4.71. The van der Waals surface area contributed by atoms with Crippen molar-refractivity contribution < 1.29 is 13.9 Å². The van der Waals surface area contributed by atoms with Gasteiger partial charge in [-0.3, -0.25) is 0 Å². The van der Waals surface area contributed by atoms with Crippen LogP contribution in [-0.4, -0.2) is 7.11 Å². The minimum atomic E-state index is -0.460. The molecule has 3 aromatic rings. The lowest BCUT2D eigenvalue weighted by atomic mass is 10.2. The largest absolute Gasteiger partial charge is 0.497 e. The summed E-state index contributed by atoms with van der Waals surface area (Å²) >= 11 is 0. The Kier molecular flexibility index (Phi) is 3.36. The first-order chi connectivity index (χ1) is 10.2. The third kappa shape index (κ3) is 2.74. The molecule has 2 aromatic carbocycles. The van der Waals surface area contributed by atoms with Crippen LogP contribution in [0.2, 0.25) is 0 Å². The Labute approximate surface area is 121 Å². The van der Waals surface area contributed by atoms with E-state index < -0.39 is 5.63 Å². The first-order valence-corrected chi connectivity index (χ1v) is 6.52. The van der Waals surface area contributed by atoms with Gasteiger partial charge in [-0.05, 0) is 36.8 Å². The molecule has 0 saturated heterocycles. The van der Waals surface area contributed by atoms with E-state index in [1.807, 2.05) is 37.3 Å². The van der Waals surface area contributed by atoms with Gasteiger partial charge in [0.1, 0.15) is 22.8 Å². The Morgan fingerprint density at radius 1 is 1.00 bits per heavy atom. The van der Waals surface area contributed by atoms with E-state index in [9.17, 15) is 4.79 Å². The fourth-order valence-corrected chi connectivity index (χ4v) is 2.13. The Morgan fingerprint density at radius 2 is 1.86 bits per heavy atom. The Hall–Kier alpha value is -2.75. The summed E-state index contributed by atoms with van der Waals surface area (Å²) in [5, 5.41) is 0.719. The van der Waals surface area contributed by atoms with Gasteiger partial charge < -0.3 is 13.9 Å². The maximum atomic E-state index is 11.7. The molecular weight excluding hydrogens is 268 g/mol. The van der Waals surface area contributed by atoms with Crippen LogP contribution in [0.1, 0.15) is 5.56 Å². The Morgan fingerprint density at radius 3 is 2.62 bits per heavy atom. The van der Waals surface area contributed by atoms with Gasteiger partial charge in [-0.15, -0.1) is 0 Å². The molecule has 1 aromatic heterocycles. The van der Waals surface area contributed by atoms with Crippen LogP contribution in [0, 0.1) is 6.92 Å². The normalized spacial score (nSPS) is 10.6. The van der Waals surface area contributed by atoms with Gasteiger partial charge in [0, 0.05) is 6.07 Å². The van der Waals surface area contributed by atoms with E-state index in [-0.39, 0.29) is 0 Å². The molecule has 0 saturated carbocycles. The molecule has 21 heavy (non-hydrogen) atoms. The fourth-order valence-electron chi connectivity index (χ4n) is 2.13. The molecule has 0 radical (unpaired) electrons. The number of methoxy groups -OCH3 is 1. The number of rotatable bonds is 3. The quantitative estimate of drug-likeness (QED) is 0.683. The average Bonchev–Trinajstić information content (AvgIpc) is 2.46. The molecule has 0 atom stereocenters. The van der Waals surface area contributed by atoms with Gasteiger partial charge in [0.2, 0.25) is 0 Å². The van der Waals surface area contributed by atoms with E-state index in [1.165, 1.54) is 6.07 Å². The highest BCUT2D eigenvalue weighted by Crippen LogP contribution is 2.30. The molecule has 0 aliphatic heterocycles. The van der Waals surface area contributed by atoms with Gasteiger partial charge in [-0.1, -0.05) is 12.1 Å². The molecule has 4 nitrogen and oxygen atoms in total. The van der Waals surface area contributed by atoms with Gasteiger partial charge in [-0.25, -0.2) is 4.79 Å². The third-order valence-electron chi connectivity index (χ3n) is 3.13. The summed E-state index contributed by atoms with van der Waals surface area (Å²) in [6.07, 6.45) is 0. The van der Waals surface area contributed by atoms with Crippen molar-refractivity contribution in [1.82, 2.24) is 0 Å². The topological polar surface area (TPSA) is 48.7 Å². The van der Waals surface area contributed by atoms with E-state index in [0.29, 0.717) is 22.8 Å². The van der Waals surface area contributed by atoms with Crippen LogP contribution in [-0.2, 0) is 0 Å². The van der Waals surface area contributed by atoms with Crippen molar-refractivity contribution >= 4 is 11.0 Å². The summed E-state index contributed by atoms with van der Waals surface area (Å²) in [4.78, 5) is 11.7. The zero-order valence-corrected chi connectivity index (χ0v) is 11.8. The van der Waals surface area contributed by atoms with Crippen LogP contribution in [0.4, 0.5) is 0 Å². The number of aryl methyl sites for hydroxylation is 1. The lowest BCUT2D eigenvalue weighted by Gasteiger charge is -2.09. The molecule has 0 amide bonds. The smallest absolute Gasteiger partial charge is 0.339 e. The highest BCUT2D eigenvalue weighted by atomic mass is 16.5. The Balaban J connectivity index is 2.11. The van der Waals surface area contributed by atoms with Crippen LogP contribution < -0.4 is 15.1 Å². The molecule has 3 rings (SSSR count). The highest BCUT2D eigenvalue weighted by molar-refractivity contribution is 5.84. The van der Waals surface area contributed by atoms with Crippen LogP contribution in [0.25, 0.3) is 11.0 Å². The second kappa shape index (κ2) is 5.32. The van der Waals surface area contributed by atoms with Crippen LogP contribution in [0.15, 0.2) is 57.7 Å². The summed E-state index contributed by atoms with van der Waals surface area (Å²) in [6, 6.07) is 14.3. The van der Waals surface area contributed by atoms with E-state index in [0.717, 1.165) is 10.9 Å². The molecule has 0 spiro atoms. The fraction of sp³-hybridized carbons (Fsp3) is 0.118. The van der Waals surface area contributed by atoms with Gasteiger partial charge in [0.15, 0.2) is 0 Å². The molecule has 4 heteroatoms. The zero-order valence-electron chi connectivity index (χ0n) is 11.8. The summed E-state index contributed by atoms with van der Waals surface area (Å²) in [6.45, 7) is 1.98. The van der Waals surface area contributed by atoms with Crippen molar-refractivity contribution in [2.45, 2.75) is 6.92 Å². The van der Waals surface area contributed by atoms with Crippen molar-refractivity contribution in [3.8, 4) is 17.2 Å². The minimum absolute atomic E-state index is 0.435. The third-order valence-corrected chi connectivity index (χ3v) is 3.13. The first kappa shape index (κ1) is 13.2. The van der Waals surface area contributed by atoms with Crippen LogP contribution >= 0.6 is 0 Å². The molecule has 0 fully saturated rings. The molecule has 0 aliphatic carbocycles. The van der Waals surface area contributed by atoms with Crippen molar-refractivity contribution in [2.75, 3.05) is 7.11 Å². The predicted octanol–water partition coefficient (Wildman–Crippen LogP) is 3.90.